The summed E-state index contributed by atoms with van der Waals surface area (Å²) in [6.07, 6.45) is 1.22. The topological polar surface area (TPSA) is 188 Å². The first kappa shape index (κ1) is 40.8. The maximum Gasteiger partial charge on any atom is 0.247 e. The molecule has 2 amide bonds. The molecule has 16 heteroatoms. The van der Waals surface area contributed by atoms with Gasteiger partial charge in [-0.3, -0.25) is 20.2 Å². The largest absolute Gasteiger partial charge is 0.377 e. The predicted molar refractivity (Wildman–Crippen MR) is 188 cm³/mol. The van der Waals surface area contributed by atoms with Crippen molar-refractivity contribution in [1.29, 1.82) is 0 Å². The van der Waals surface area contributed by atoms with Gasteiger partial charge in [-0.05, 0) is 58.2 Å². The third kappa shape index (κ3) is 10.00. The van der Waals surface area contributed by atoms with Crippen LogP contribution in [0, 0.1) is 5.82 Å². The first-order valence-electron chi connectivity index (χ1n) is 16.1. The van der Waals surface area contributed by atoms with Crippen LogP contribution in [-0.2, 0) is 50.6 Å². The molecule has 1 fully saturated rings. The Hall–Kier alpha value is -3.63. The Bertz CT molecular complexity index is 1860. The number of hydrogen-bond donors (Lipinski definition) is 2. The molecule has 2 aromatic heterocycles. The number of rotatable bonds is 10. The number of benzene rings is 1. The maximum absolute atomic E-state index is 13.0. The van der Waals surface area contributed by atoms with E-state index in [2.05, 4.69) is 20.9 Å². The average Bonchev–Trinajstić information content (AvgIpc) is 3.76. The zero-order valence-electron chi connectivity index (χ0n) is 30.3. The molecule has 278 valence electrons. The zero-order valence-corrected chi connectivity index (χ0v) is 32.0. The van der Waals surface area contributed by atoms with Crippen LogP contribution in [0.15, 0.2) is 45.4 Å². The van der Waals surface area contributed by atoms with Crippen molar-refractivity contribution in [3.8, 4) is 0 Å². The summed E-state index contributed by atoms with van der Waals surface area (Å²) in [5.74, 6) is -2.12. The second kappa shape index (κ2) is 14.9. The Labute approximate surface area is 293 Å². The Kier molecular flexibility index (Phi) is 12.2. The molecule has 1 aromatic carbocycles. The number of anilines is 2. The van der Waals surface area contributed by atoms with Crippen molar-refractivity contribution in [3.63, 3.8) is 0 Å². The third-order valence-electron chi connectivity index (χ3n) is 8.38. The van der Waals surface area contributed by atoms with Crippen LogP contribution in [0.3, 0.4) is 0 Å². The molecule has 0 radical (unpaired) electrons. The molecule has 1 saturated heterocycles. The van der Waals surface area contributed by atoms with E-state index in [1.54, 1.807) is 12.1 Å². The second-order valence-corrected chi connectivity index (χ2v) is 20.5. The molecule has 3 aromatic rings. The number of aromatic nitrogens is 2. The van der Waals surface area contributed by atoms with Crippen LogP contribution in [0.2, 0.25) is 0 Å². The maximum atomic E-state index is 13.0. The molecule has 1 aliphatic heterocycles. The standard InChI is InChI=1S/C18H23FN2O4S.C16H26N2O5S/c1-17(2,3)14-10-15(25-21-14)20-16(22)18(4,5)26(23,24)11-12-6-8-13(19)9-7-12;1-15(2,3)12-9-13(23-18-12)17-14(19)16(4,5)24(20,21)10-11-7-6-8-22-11/h6-10H,11H2,1-5H3,(H,20,22);9,11H,6-8,10H2,1-5H3,(H,17,19). The summed E-state index contributed by atoms with van der Waals surface area (Å²) in [7, 11) is -7.55. The molecule has 0 spiro atoms. The van der Waals surface area contributed by atoms with Gasteiger partial charge in [-0.2, -0.15) is 0 Å². The van der Waals surface area contributed by atoms with E-state index >= 15 is 0 Å². The highest BCUT2D eigenvalue weighted by Gasteiger charge is 2.44. The van der Waals surface area contributed by atoms with Crippen LogP contribution in [0.4, 0.5) is 16.2 Å². The summed E-state index contributed by atoms with van der Waals surface area (Å²) < 4.78 is 75.9. The number of hydrogen-bond acceptors (Lipinski definition) is 11. The van der Waals surface area contributed by atoms with Crippen molar-refractivity contribution < 1.29 is 44.6 Å². The van der Waals surface area contributed by atoms with E-state index in [9.17, 15) is 30.8 Å². The first-order valence-corrected chi connectivity index (χ1v) is 19.4. The zero-order chi connectivity index (χ0) is 37.9. The fourth-order valence-electron chi connectivity index (χ4n) is 4.39. The minimum atomic E-state index is -3.86. The van der Waals surface area contributed by atoms with Gasteiger partial charge in [0.2, 0.25) is 23.6 Å². The van der Waals surface area contributed by atoms with Crippen molar-refractivity contribution in [2.75, 3.05) is 23.0 Å². The number of carbonyl (C=O) groups is 2. The predicted octanol–water partition coefficient (Wildman–Crippen LogP) is 5.73. The van der Waals surface area contributed by atoms with Gasteiger partial charge in [0.05, 0.1) is 29.0 Å². The minimum Gasteiger partial charge on any atom is -0.377 e. The van der Waals surface area contributed by atoms with E-state index < -0.39 is 46.8 Å². The van der Waals surface area contributed by atoms with Crippen LogP contribution in [0.5, 0.6) is 0 Å². The molecule has 50 heavy (non-hydrogen) atoms. The number of ether oxygens (including phenoxy) is 1. The van der Waals surface area contributed by atoms with E-state index in [1.807, 2.05) is 41.5 Å². The van der Waals surface area contributed by atoms with Crippen molar-refractivity contribution in [1.82, 2.24) is 10.3 Å². The number of halogens is 1. The molecule has 1 aliphatic rings. The fourth-order valence-corrected chi connectivity index (χ4v) is 7.22. The van der Waals surface area contributed by atoms with Gasteiger partial charge in [-0.25, -0.2) is 21.2 Å². The number of sulfone groups is 2. The van der Waals surface area contributed by atoms with Crippen molar-refractivity contribution in [2.24, 2.45) is 0 Å². The summed E-state index contributed by atoms with van der Waals surface area (Å²) >= 11 is 0. The van der Waals surface area contributed by atoms with Gasteiger partial charge in [-0.1, -0.05) is 64.0 Å². The van der Waals surface area contributed by atoms with Gasteiger partial charge >= 0.3 is 0 Å². The van der Waals surface area contributed by atoms with E-state index in [-0.39, 0.29) is 40.2 Å². The average molecular weight is 741 g/mol. The van der Waals surface area contributed by atoms with E-state index in [0.717, 1.165) is 6.42 Å². The lowest BCUT2D eigenvalue weighted by atomic mass is 9.92. The molecular weight excluding hydrogens is 692 g/mol. The van der Waals surface area contributed by atoms with Crippen LogP contribution in [0.25, 0.3) is 0 Å². The Morgan fingerprint density at radius 1 is 0.760 bits per heavy atom. The Morgan fingerprint density at radius 2 is 1.20 bits per heavy atom. The number of amides is 2. The number of nitrogens with zero attached hydrogens (tertiary/aromatic N) is 2. The van der Waals surface area contributed by atoms with Crippen molar-refractivity contribution in [3.05, 3.63) is 59.2 Å². The van der Waals surface area contributed by atoms with Gasteiger partial charge < -0.3 is 13.8 Å². The van der Waals surface area contributed by atoms with Crippen LogP contribution < -0.4 is 10.6 Å². The summed E-state index contributed by atoms with van der Waals surface area (Å²) in [6.45, 7) is 17.7. The summed E-state index contributed by atoms with van der Waals surface area (Å²) in [5, 5.41) is 12.8. The monoisotopic (exact) mass is 740 g/mol. The molecule has 2 N–H and O–H groups in total. The van der Waals surface area contributed by atoms with Gasteiger partial charge in [0.1, 0.15) is 15.3 Å². The number of nitrogens with one attached hydrogen (secondary N) is 2. The molecule has 1 unspecified atom stereocenters. The molecule has 13 nitrogen and oxygen atoms in total. The van der Waals surface area contributed by atoms with Gasteiger partial charge in [0.15, 0.2) is 19.7 Å². The van der Waals surface area contributed by atoms with Crippen LogP contribution >= 0.6 is 0 Å². The fraction of sp³-hybridized carbons (Fsp3) is 0.588. The second-order valence-electron chi connectivity index (χ2n) is 15.4. The van der Waals surface area contributed by atoms with Gasteiger partial charge in [0.25, 0.3) is 0 Å². The quantitative estimate of drug-likeness (QED) is 0.259. The molecule has 0 aliphatic carbocycles. The Morgan fingerprint density at radius 3 is 1.58 bits per heavy atom. The summed E-state index contributed by atoms with van der Waals surface area (Å²) in [6, 6.07) is 8.31. The molecule has 0 saturated carbocycles. The van der Waals surface area contributed by atoms with Gasteiger partial charge in [-0.15, -0.1) is 0 Å². The van der Waals surface area contributed by atoms with Gasteiger partial charge in [0, 0.05) is 29.6 Å². The molecule has 3 heterocycles. The Balaban J connectivity index is 0.000000271. The lowest BCUT2D eigenvalue weighted by molar-refractivity contribution is -0.118. The van der Waals surface area contributed by atoms with Crippen LogP contribution in [-0.4, -0.2) is 66.9 Å². The first-order chi connectivity index (χ1) is 22.8. The highest BCUT2D eigenvalue weighted by atomic mass is 32.2. The normalized spacial score (nSPS) is 16.0. The number of carbonyl (C=O) groups excluding carboxylic acids is 2. The molecule has 0 bridgehead atoms. The summed E-state index contributed by atoms with van der Waals surface area (Å²) in [5.41, 5.74) is 1.23. The van der Waals surface area contributed by atoms with E-state index in [0.29, 0.717) is 30.0 Å². The minimum absolute atomic E-state index is 0.0879. The molecule has 1 atom stereocenters. The molecular formula is C34H49FN4O9S2. The highest BCUT2D eigenvalue weighted by Crippen LogP contribution is 2.29. The molecule has 4 rings (SSSR count). The lowest BCUT2D eigenvalue weighted by Crippen LogP contribution is -2.47. The summed E-state index contributed by atoms with van der Waals surface area (Å²) in [4.78, 5) is 25.0. The van der Waals surface area contributed by atoms with E-state index in [4.69, 9.17) is 13.8 Å². The van der Waals surface area contributed by atoms with E-state index in [1.165, 1.54) is 52.0 Å². The van der Waals surface area contributed by atoms with Crippen molar-refractivity contribution >= 4 is 43.3 Å². The van der Waals surface area contributed by atoms with Crippen LogP contribution in [0.1, 0.15) is 99.0 Å². The third-order valence-corrected chi connectivity index (χ3v) is 13.4. The lowest BCUT2D eigenvalue weighted by Gasteiger charge is -2.24. The smallest absolute Gasteiger partial charge is 0.247 e. The SMILES string of the molecule is CC(C)(C)c1cc(NC(=O)C(C)(C)S(=O)(=O)CC2CCCO2)on1.CC(C)(C)c1cc(NC(=O)C(C)(C)S(=O)(=O)Cc2ccc(F)cc2)on1. The van der Waals surface area contributed by atoms with Crippen molar-refractivity contribution in [2.45, 2.75) is 114 Å². The highest BCUT2D eigenvalue weighted by molar-refractivity contribution is 7.93.